The topological polar surface area (TPSA) is 43.2 Å². The van der Waals surface area contributed by atoms with E-state index in [1.54, 1.807) is 0 Å². The zero-order valence-electron chi connectivity index (χ0n) is 19.9. The Morgan fingerprint density at radius 3 is 0.976 bits per heavy atom. The molecule has 0 N–H and O–H groups in total. The summed E-state index contributed by atoms with van der Waals surface area (Å²) in [6.07, 6.45) is -10.2. The Morgan fingerprint density at radius 1 is 0.476 bits per heavy atom. The van der Waals surface area contributed by atoms with Crippen molar-refractivity contribution in [2.24, 2.45) is 10.2 Å². The first-order chi connectivity index (χ1) is 19.0. The first-order valence-corrected chi connectivity index (χ1v) is 10.7. The summed E-state index contributed by atoms with van der Waals surface area (Å²) in [5, 5.41) is 7.23. The number of hydrogen-bond donors (Lipinski definition) is 0. The van der Waals surface area contributed by atoms with E-state index >= 15 is 0 Å². The molecule has 0 aliphatic heterocycles. The molecule has 4 nitrogen and oxygen atoms in total. The highest BCUT2D eigenvalue weighted by atomic mass is 19.4. The van der Waals surface area contributed by atoms with Crippen LogP contribution >= 0.6 is 0 Å². The molecule has 0 heterocycles. The predicted octanol–water partition coefficient (Wildman–Crippen LogP) is 9.20. The molecule has 0 saturated heterocycles. The summed E-state index contributed by atoms with van der Waals surface area (Å²) in [6, 6.07) is 7.26. The Morgan fingerprint density at radius 2 is 0.738 bits per heavy atom. The molecule has 0 aliphatic carbocycles. The summed E-state index contributed by atoms with van der Waals surface area (Å²) < 4.78 is 216. The summed E-state index contributed by atoms with van der Waals surface area (Å²) in [7, 11) is 0. The number of ether oxygens (including phenoxy) is 2. The summed E-state index contributed by atoms with van der Waals surface area (Å²) >= 11 is 0. The lowest BCUT2D eigenvalue weighted by atomic mass is 10.1. The molecule has 0 radical (unpaired) electrons. The molecule has 236 valence electrons. The molecule has 2 aromatic rings. The summed E-state index contributed by atoms with van der Waals surface area (Å²) in [4.78, 5) is 0. The average Bonchev–Trinajstić information content (AvgIpc) is 2.90. The molecule has 0 amide bonds. The minimum Gasteiger partial charge on any atom is -0.487 e. The fourth-order valence-corrected chi connectivity index (χ4v) is 2.62. The van der Waals surface area contributed by atoms with Crippen molar-refractivity contribution in [3.63, 3.8) is 0 Å². The molecule has 0 saturated carbocycles. The molecule has 0 fully saturated rings. The highest BCUT2D eigenvalue weighted by Gasteiger charge is 2.76. The Bertz CT molecular complexity index is 1110. The molecule has 0 aromatic heterocycles. The normalized spacial score (nSPS) is 14.2. The maximum atomic E-state index is 13.5. The number of benzene rings is 2. The van der Waals surface area contributed by atoms with Gasteiger partial charge in [-0.15, -0.1) is 0 Å². The molecule has 0 atom stereocenters. The third-order valence-electron chi connectivity index (χ3n) is 5.10. The van der Waals surface area contributed by atoms with E-state index in [0.29, 0.717) is 0 Å². The summed E-state index contributed by atoms with van der Waals surface area (Å²) in [6.45, 7) is -4.81. The van der Waals surface area contributed by atoms with E-state index in [4.69, 9.17) is 0 Å². The van der Waals surface area contributed by atoms with Gasteiger partial charge in [-0.05, 0) is 48.5 Å². The van der Waals surface area contributed by atoms with Crippen molar-refractivity contribution in [2.45, 2.75) is 48.4 Å². The Kier molecular flexibility index (Phi) is 9.94. The summed E-state index contributed by atoms with van der Waals surface area (Å²) in [5.74, 6) is -38.3. The number of alkyl halides is 16. The van der Waals surface area contributed by atoms with E-state index in [2.05, 4.69) is 19.7 Å². The minimum atomic E-state index is -6.46. The van der Waals surface area contributed by atoms with Crippen LogP contribution < -0.4 is 9.47 Å². The van der Waals surface area contributed by atoms with E-state index < -0.39 is 73.1 Å². The van der Waals surface area contributed by atoms with Crippen LogP contribution in [0.2, 0.25) is 0 Å². The lowest BCUT2D eigenvalue weighted by Gasteiger charge is -2.32. The smallest absolute Gasteiger partial charge is 0.381 e. The number of nitrogens with zero attached hydrogens (tertiary/aromatic N) is 2. The van der Waals surface area contributed by atoms with Crippen molar-refractivity contribution >= 4 is 11.4 Å². The van der Waals surface area contributed by atoms with Crippen molar-refractivity contribution in [3.8, 4) is 11.5 Å². The SMILES string of the molecule is FC(F)C(F)(F)C(F)(F)C(F)(F)COc1ccc(N=Nc2ccc(OCC(F)(F)C(F)(F)C(F)(F)C(F)F)cc2)cc1. The Hall–Kier alpha value is -3.48. The first kappa shape index (κ1) is 34.7. The van der Waals surface area contributed by atoms with Crippen LogP contribution in [0.15, 0.2) is 58.8 Å². The number of azo groups is 1. The quantitative estimate of drug-likeness (QED) is 0.152. The number of hydrogen-bond acceptors (Lipinski definition) is 4. The molecular weight excluding hydrogens is 628 g/mol. The average molecular weight is 642 g/mol. The maximum Gasteiger partial charge on any atom is 0.381 e. The van der Waals surface area contributed by atoms with E-state index in [9.17, 15) is 70.2 Å². The van der Waals surface area contributed by atoms with Gasteiger partial charge in [0.05, 0.1) is 11.4 Å². The highest BCUT2D eigenvalue weighted by molar-refractivity contribution is 5.44. The van der Waals surface area contributed by atoms with Gasteiger partial charge in [-0.25, -0.2) is 17.6 Å². The fourth-order valence-electron chi connectivity index (χ4n) is 2.62. The highest BCUT2D eigenvalue weighted by Crippen LogP contribution is 2.49. The van der Waals surface area contributed by atoms with Crippen LogP contribution in [-0.2, 0) is 0 Å². The second kappa shape index (κ2) is 12.0. The zero-order chi connectivity index (χ0) is 32.4. The lowest BCUT2D eigenvalue weighted by molar-refractivity contribution is -0.342. The third-order valence-corrected chi connectivity index (χ3v) is 5.10. The van der Waals surface area contributed by atoms with Crippen molar-refractivity contribution in [3.05, 3.63) is 48.5 Å². The van der Waals surface area contributed by atoms with Crippen molar-refractivity contribution < 1.29 is 79.7 Å². The van der Waals surface area contributed by atoms with E-state index in [1.165, 1.54) is 0 Å². The van der Waals surface area contributed by atoms with Gasteiger partial charge in [0.1, 0.15) is 11.5 Å². The second-order valence-corrected chi connectivity index (χ2v) is 8.17. The number of rotatable bonds is 14. The first-order valence-electron chi connectivity index (χ1n) is 10.7. The lowest BCUT2D eigenvalue weighted by Crippen LogP contribution is -2.59. The standard InChI is InChI=1S/C22H14F16N2O2/c23-15(24)19(31,32)21(35,36)17(27,28)9-41-13-5-1-11(2-6-13)39-40-12-3-7-14(8-4-12)42-10-18(29,30)22(37,38)20(33,34)16(25)26/h1-8,15-16H,9-10H2. The van der Waals surface area contributed by atoms with Crippen LogP contribution in [0.25, 0.3) is 0 Å². The van der Waals surface area contributed by atoms with Gasteiger partial charge < -0.3 is 9.47 Å². The van der Waals surface area contributed by atoms with Crippen molar-refractivity contribution in [1.29, 1.82) is 0 Å². The van der Waals surface area contributed by atoms with Crippen molar-refractivity contribution in [2.75, 3.05) is 13.2 Å². The van der Waals surface area contributed by atoms with Crippen molar-refractivity contribution in [1.82, 2.24) is 0 Å². The van der Waals surface area contributed by atoms with Crippen LogP contribution in [0.5, 0.6) is 11.5 Å². The molecular formula is C22H14F16N2O2. The number of halogens is 16. The zero-order valence-corrected chi connectivity index (χ0v) is 19.9. The molecule has 0 spiro atoms. The Balaban J connectivity index is 1.99. The molecule has 42 heavy (non-hydrogen) atoms. The monoisotopic (exact) mass is 642 g/mol. The largest absolute Gasteiger partial charge is 0.487 e. The van der Waals surface area contributed by atoms with Gasteiger partial charge in [0.2, 0.25) is 0 Å². The van der Waals surface area contributed by atoms with Gasteiger partial charge in [0, 0.05) is 0 Å². The van der Waals surface area contributed by atoms with E-state index in [1.807, 2.05) is 0 Å². The summed E-state index contributed by atoms with van der Waals surface area (Å²) in [5.41, 5.74) is -0.156. The van der Waals surface area contributed by atoms with Gasteiger partial charge in [-0.3, -0.25) is 0 Å². The molecule has 0 aliphatic rings. The van der Waals surface area contributed by atoms with Gasteiger partial charge in [0.25, 0.3) is 0 Å². The predicted molar refractivity (Wildman–Crippen MR) is 110 cm³/mol. The van der Waals surface area contributed by atoms with Crippen LogP contribution in [0.3, 0.4) is 0 Å². The minimum absolute atomic E-state index is 0.0779. The Labute approximate surface area is 223 Å². The van der Waals surface area contributed by atoms with Crippen LogP contribution in [0, 0.1) is 0 Å². The second-order valence-electron chi connectivity index (χ2n) is 8.17. The van der Waals surface area contributed by atoms with Gasteiger partial charge in [0.15, 0.2) is 13.2 Å². The van der Waals surface area contributed by atoms with Crippen LogP contribution in [0.4, 0.5) is 81.6 Å². The third kappa shape index (κ3) is 6.93. The van der Waals surface area contributed by atoms with Gasteiger partial charge in [-0.2, -0.15) is 62.9 Å². The fraction of sp³-hybridized carbons (Fsp3) is 0.455. The van der Waals surface area contributed by atoms with Crippen LogP contribution in [-0.4, -0.2) is 61.6 Å². The van der Waals surface area contributed by atoms with Gasteiger partial charge in [-0.1, -0.05) is 0 Å². The molecule has 20 heteroatoms. The van der Waals surface area contributed by atoms with Gasteiger partial charge >= 0.3 is 48.4 Å². The van der Waals surface area contributed by atoms with Crippen LogP contribution in [0.1, 0.15) is 0 Å². The molecule has 2 rings (SSSR count). The maximum absolute atomic E-state index is 13.5. The van der Waals surface area contributed by atoms with E-state index in [-0.39, 0.29) is 11.4 Å². The molecule has 0 unspecified atom stereocenters. The van der Waals surface area contributed by atoms with E-state index in [0.717, 1.165) is 48.5 Å². The molecule has 2 aromatic carbocycles. The molecule has 0 bridgehead atoms.